The van der Waals surface area contributed by atoms with Gasteiger partial charge in [-0.2, -0.15) is 5.10 Å². The number of aromatic nitrogens is 3. The molecule has 0 unspecified atom stereocenters. The number of para-hydroxylation sites is 1. The fourth-order valence-corrected chi connectivity index (χ4v) is 6.55. The fraction of sp³-hybridized carbons (Fsp3) is 0.133. The number of rotatable bonds is 5. The van der Waals surface area contributed by atoms with Gasteiger partial charge in [0.25, 0.3) is 5.56 Å². The Morgan fingerprint density at radius 1 is 1.03 bits per heavy atom. The zero-order valence-corrected chi connectivity index (χ0v) is 23.1. The summed E-state index contributed by atoms with van der Waals surface area (Å²) in [7, 11) is 1.34. The molecule has 2 aromatic carbocycles. The van der Waals surface area contributed by atoms with Crippen molar-refractivity contribution in [1.29, 1.82) is 0 Å². The van der Waals surface area contributed by atoms with E-state index in [0.717, 1.165) is 32.9 Å². The number of aryl methyl sites for hydroxylation is 1. The molecule has 0 saturated heterocycles. The van der Waals surface area contributed by atoms with E-state index in [1.807, 2.05) is 96.0 Å². The Morgan fingerprint density at radius 2 is 1.79 bits per heavy atom. The SMILES string of the molecule is COC(=O)C1=C(C)N=c2s/c(=C\c3cn(-c4ccccc4)nc3-c3ccc(C)cc3)c(=O)n2[C@H]1c1cccs1. The summed E-state index contributed by atoms with van der Waals surface area (Å²) in [5.74, 6) is -0.491. The van der Waals surface area contributed by atoms with Crippen LogP contribution in [0.5, 0.6) is 0 Å². The van der Waals surface area contributed by atoms with Crippen LogP contribution < -0.4 is 14.9 Å². The molecule has 7 nitrogen and oxygen atoms in total. The number of fused-ring (bicyclic) bond motifs is 1. The highest BCUT2D eigenvalue weighted by molar-refractivity contribution is 7.10. The monoisotopic (exact) mass is 552 g/mol. The predicted molar refractivity (Wildman–Crippen MR) is 154 cm³/mol. The minimum absolute atomic E-state index is 0.214. The van der Waals surface area contributed by atoms with E-state index in [9.17, 15) is 9.59 Å². The van der Waals surface area contributed by atoms with E-state index in [-0.39, 0.29) is 5.56 Å². The number of hydrogen-bond acceptors (Lipinski definition) is 7. The van der Waals surface area contributed by atoms with E-state index >= 15 is 0 Å². The van der Waals surface area contributed by atoms with E-state index < -0.39 is 12.0 Å². The van der Waals surface area contributed by atoms with Gasteiger partial charge in [-0.3, -0.25) is 9.36 Å². The quantitative estimate of drug-likeness (QED) is 0.298. The lowest BCUT2D eigenvalue weighted by atomic mass is 10.0. The Hall–Kier alpha value is -4.34. The van der Waals surface area contributed by atoms with Crippen LogP contribution in [0.3, 0.4) is 0 Å². The normalized spacial score (nSPS) is 15.3. The second-order valence-electron chi connectivity index (χ2n) is 9.17. The minimum Gasteiger partial charge on any atom is -0.466 e. The van der Waals surface area contributed by atoms with E-state index in [4.69, 9.17) is 9.84 Å². The Kier molecular flexibility index (Phi) is 6.46. The maximum Gasteiger partial charge on any atom is 0.338 e. The van der Waals surface area contributed by atoms with Gasteiger partial charge in [0.05, 0.1) is 34.3 Å². The molecule has 6 rings (SSSR count). The van der Waals surface area contributed by atoms with Crippen molar-refractivity contribution in [2.24, 2.45) is 4.99 Å². The van der Waals surface area contributed by atoms with Crippen molar-refractivity contribution < 1.29 is 9.53 Å². The molecule has 4 heterocycles. The summed E-state index contributed by atoms with van der Waals surface area (Å²) in [6.45, 7) is 3.83. The van der Waals surface area contributed by atoms with E-state index in [2.05, 4.69) is 4.99 Å². The third-order valence-corrected chi connectivity index (χ3v) is 8.52. The van der Waals surface area contributed by atoms with Crippen molar-refractivity contribution in [3.05, 3.63) is 125 Å². The summed E-state index contributed by atoms with van der Waals surface area (Å²) in [4.78, 5) is 32.8. The van der Waals surface area contributed by atoms with Crippen molar-refractivity contribution in [3.8, 4) is 16.9 Å². The van der Waals surface area contributed by atoms with Crippen LogP contribution in [0.4, 0.5) is 0 Å². The maximum absolute atomic E-state index is 13.9. The van der Waals surface area contributed by atoms with Crippen LogP contribution in [0.1, 0.15) is 29.0 Å². The molecule has 0 N–H and O–H groups in total. The number of hydrogen-bond donors (Lipinski definition) is 0. The zero-order chi connectivity index (χ0) is 27.1. The van der Waals surface area contributed by atoms with Gasteiger partial charge in [0.15, 0.2) is 4.80 Å². The Morgan fingerprint density at radius 3 is 2.49 bits per heavy atom. The van der Waals surface area contributed by atoms with Gasteiger partial charge < -0.3 is 4.74 Å². The average molecular weight is 553 g/mol. The molecule has 39 heavy (non-hydrogen) atoms. The van der Waals surface area contributed by atoms with Crippen molar-refractivity contribution in [3.63, 3.8) is 0 Å². The number of nitrogens with zero attached hydrogens (tertiary/aromatic N) is 4. The second-order valence-corrected chi connectivity index (χ2v) is 11.2. The minimum atomic E-state index is -0.598. The fourth-order valence-electron chi connectivity index (χ4n) is 4.69. The maximum atomic E-state index is 13.9. The van der Waals surface area contributed by atoms with Gasteiger partial charge in [0, 0.05) is 22.2 Å². The Bertz CT molecular complexity index is 1900. The van der Waals surface area contributed by atoms with Gasteiger partial charge >= 0.3 is 5.97 Å². The van der Waals surface area contributed by atoms with Crippen LogP contribution >= 0.6 is 22.7 Å². The van der Waals surface area contributed by atoms with Crippen molar-refractivity contribution in [2.75, 3.05) is 7.11 Å². The van der Waals surface area contributed by atoms with Crippen LogP contribution in [-0.2, 0) is 9.53 Å². The molecule has 0 bridgehead atoms. The molecule has 1 aliphatic rings. The lowest BCUT2D eigenvalue weighted by molar-refractivity contribution is -0.136. The highest BCUT2D eigenvalue weighted by atomic mass is 32.1. The average Bonchev–Trinajstić information content (AvgIpc) is 3.69. The lowest BCUT2D eigenvalue weighted by Crippen LogP contribution is -2.39. The molecule has 0 spiro atoms. The molecule has 0 amide bonds. The second kappa shape index (κ2) is 10.1. The molecule has 0 saturated carbocycles. The molecule has 0 fully saturated rings. The topological polar surface area (TPSA) is 78.5 Å². The number of ether oxygens (including phenoxy) is 1. The summed E-state index contributed by atoms with van der Waals surface area (Å²) in [5.41, 5.74) is 5.31. The highest BCUT2D eigenvalue weighted by Crippen LogP contribution is 2.33. The molecular formula is C30H24N4O3S2. The third-order valence-electron chi connectivity index (χ3n) is 6.61. The van der Waals surface area contributed by atoms with E-state index in [1.54, 1.807) is 11.5 Å². The Balaban J connectivity index is 1.56. The first kappa shape index (κ1) is 25.0. The first-order valence-electron chi connectivity index (χ1n) is 12.3. The van der Waals surface area contributed by atoms with Crippen molar-refractivity contribution in [2.45, 2.75) is 19.9 Å². The number of thiazole rings is 1. The number of allylic oxidation sites excluding steroid dienone is 1. The molecule has 1 atom stereocenters. The zero-order valence-electron chi connectivity index (χ0n) is 21.5. The lowest BCUT2D eigenvalue weighted by Gasteiger charge is -2.22. The molecule has 9 heteroatoms. The molecule has 194 valence electrons. The molecule has 0 aliphatic carbocycles. The van der Waals surface area contributed by atoms with Gasteiger partial charge in [-0.1, -0.05) is 65.4 Å². The van der Waals surface area contributed by atoms with Crippen LogP contribution in [0.2, 0.25) is 0 Å². The van der Waals surface area contributed by atoms with Gasteiger partial charge in [0.2, 0.25) is 0 Å². The first-order valence-corrected chi connectivity index (χ1v) is 14.0. The van der Waals surface area contributed by atoms with Crippen molar-refractivity contribution >= 4 is 34.7 Å². The van der Waals surface area contributed by atoms with Crippen molar-refractivity contribution in [1.82, 2.24) is 14.3 Å². The largest absolute Gasteiger partial charge is 0.466 e. The number of benzene rings is 2. The summed E-state index contributed by atoms with van der Waals surface area (Å²) in [6.07, 6.45) is 3.80. The number of thiophene rings is 1. The van der Waals surface area contributed by atoms with Crippen LogP contribution in [0.25, 0.3) is 23.0 Å². The number of esters is 1. The summed E-state index contributed by atoms with van der Waals surface area (Å²) >= 11 is 2.79. The third kappa shape index (κ3) is 4.49. The standard InChI is InChI=1S/C30H24N4O3S2/c1-18-11-13-20(14-12-18)26-21(17-33(32-26)22-8-5-4-6-9-22)16-24-28(35)34-27(23-10-7-15-38-23)25(29(36)37-3)19(2)31-30(34)39-24/h4-17,27H,1-3H3/b24-16-/t27-/m0/s1. The van der Waals surface area contributed by atoms with Crippen LogP contribution in [0.15, 0.2) is 99.4 Å². The number of methoxy groups -OCH3 is 1. The molecule has 0 radical (unpaired) electrons. The highest BCUT2D eigenvalue weighted by Gasteiger charge is 2.33. The Labute approximate surface area is 232 Å². The first-order chi connectivity index (χ1) is 18.9. The predicted octanol–water partition coefficient (Wildman–Crippen LogP) is 4.63. The number of carbonyl (C=O) groups excluding carboxylic acids is 1. The summed E-state index contributed by atoms with van der Waals surface area (Å²) in [5, 5.41) is 6.82. The smallest absolute Gasteiger partial charge is 0.338 e. The summed E-state index contributed by atoms with van der Waals surface area (Å²) < 4.78 is 9.02. The summed E-state index contributed by atoms with van der Waals surface area (Å²) in [6, 6.07) is 21.3. The number of carbonyl (C=O) groups is 1. The molecule has 3 aromatic heterocycles. The van der Waals surface area contributed by atoms with Gasteiger partial charge in [-0.05, 0) is 43.5 Å². The van der Waals surface area contributed by atoms with E-state index in [1.165, 1.54) is 29.8 Å². The van der Waals surface area contributed by atoms with Gasteiger partial charge in [-0.15, -0.1) is 11.3 Å². The van der Waals surface area contributed by atoms with Crippen LogP contribution in [0, 0.1) is 6.92 Å². The molecule has 5 aromatic rings. The molecular weight excluding hydrogens is 528 g/mol. The van der Waals surface area contributed by atoms with E-state index in [0.29, 0.717) is 20.6 Å². The van der Waals surface area contributed by atoms with Crippen LogP contribution in [-0.4, -0.2) is 27.4 Å². The van der Waals surface area contributed by atoms with Gasteiger partial charge in [0.1, 0.15) is 6.04 Å². The van der Waals surface area contributed by atoms with Gasteiger partial charge in [-0.25, -0.2) is 14.5 Å². The molecule has 1 aliphatic heterocycles.